The van der Waals surface area contributed by atoms with Gasteiger partial charge in [-0.25, -0.2) is 0 Å². The van der Waals surface area contributed by atoms with E-state index < -0.39 is 0 Å². The number of allylic oxidation sites excluding steroid dienone is 1. The molecule has 0 amide bonds. The van der Waals surface area contributed by atoms with E-state index in [4.69, 9.17) is 23.2 Å². The summed E-state index contributed by atoms with van der Waals surface area (Å²) in [6, 6.07) is 5.92. The molecule has 1 rings (SSSR count). The largest absolute Gasteiger partial charge is 0.310 e. The number of rotatable bonds is 5. The summed E-state index contributed by atoms with van der Waals surface area (Å²) in [5, 5.41) is 4.90. The van der Waals surface area contributed by atoms with Crippen molar-refractivity contribution in [1.29, 1.82) is 0 Å². The molecule has 0 aliphatic heterocycles. The van der Waals surface area contributed by atoms with Gasteiger partial charge >= 0.3 is 0 Å². The van der Waals surface area contributed by atoms with E-state index in [1.165, 1.54) is 5.57 Å². The van der Waals surface area contributed by atoms with Gasteiger partial charge in [0.05, 0.1) is 0 Å². The first-order valence-corrected chi connectivity index (χ1v) is 6.61. The zero-order valence-electron chi connectivity index (χ0n) is 10.6. The monoisotopic (exact) mass is 271 g/mol. The van der Waals surface area contributed by atoms with E-state index in [0.29, 0.717) is 0 Å². The summed E-state index contributed by atoms with van der Waals surface area (Å²) in [6.45, 7) is 7.22. The minimum atomic E-state index is 0.280. The van der Waals surface area contributed by atoms with Crippen LogP contribution in [0, 0.1) is 0 Å². The molecule has 1 nitrogen and oxygen atoms in total. The molecular weight excluding hydrogens is 253 g/mol. The highest BCUT2D eigenvalue weighted by Crippen LogP contribution is 2.25. The molecule has 0 spiro atoms. The average Bonchev–Trinajstić information content (AvgIpc) is 2.23. The number of hydrogen-bond acceptors (Lipinski definition) is 1. The summed E-state index contributed by atoms with van der Waals surface area (Å²) in [5.41, 5.74) is 2.30. The second-order valence-electron chi connectivity index (χ2n) is 4.31. The van der Waals surface area contributed by atoms with Crippen LogP contribution in [0.15, 0.2) is 29.8 Å². The molecule has 0 bridgehead atoms. The van der Waals surface area contributed by atoms with Gasteiger partial charge in [0.15, 0.2) is 0 Å². The summed E-state index contributed by atoms with van der Waals surface area (Å²) < 4.78 is 0. The molecule has 94 valence electrons. The highest BCUT2D eigenvalue weighted by Gasteiger charge is 2.11. The van der Waals surface area contributed by atoms with Crippen LogP contribution in [0.3, 0.4) is 0 Å². The van der Waals surface area contributed by atoms with Gasteiger partial charge in [-0.05, 0) is 44.5 Å². The first-order chi connectivity index (χ1) is 8.04. The lowest BCUT2D eigenvalue weighted by Gasteiger charge is -2.16. The Kier molecular flexibility index (Phi) is 6.04. The van der Waals surface area contributed by atoms with Crippen molar-refractivity contribution in [2.45, 2.75) is 33.2 Å². The molecule has 0 radical (unpaired) electrons. The Balaban J connectivity index is 2.89. The maximum atomic E-state index is 6.18. The first-order valence-electron chi connectivity index (χ1n) is 5.86. The molecule has 0 aliphatic carbocycles. The minimum Gasteiger partial charge on any atom is -0.310 e. The summed E-state index contributed by atoms with van der Waals surface area (Å²) in [4.78, 5) is 0. The number of nitrogens with one attached hydrogen (secondary N) is 1. The Morgan fingerprint density at radius 3 is 2.35 bits per heavy atom. The van der Waals surface area contributed by atoms with E-state index in [-0.39, 0.29) is 6.04 Å². The molecule has 1 N–H and O–H groups in total. The lowest BCUT2D eigenvalue weighted by molar-refractivity contribution is 0.609. The van der Waals surface area contributed by atoms with Crippen molar-refractivity contribution < 1.29 is 0 Å². The SMILES string of the molecule is CCNC(C=C(C)C)Cc1c(Cl)cccc1Cl. The van der Waals surface area contributed by atoms with E-state index >= 15 is 0 Å². The fraction of sp³-hybridized carbons (Fsp3) is 0.429. The van der Waals surface area contributed by atoms with Crippen molar-refractivity contribution in [3.63, 3.8) is 0 Å². The Morgan fingerprint density at radius 2 is 1.88 bits per heavy atom. The third-order valence-corrected chi connectivity index (χ3v) is 3.19. The van der Waals surface area contributed by atoms with Crippen LogP contribution in [-0.2, 0) is 6.42 Å². The highest BCUT2D eigenvalue weighted by molar-refractivity contribution is 6.36. The third kappa shape index (κ3) is 4.71. The maximum absolute atomic E-state index is 6.18. The number of benzene rings is 1. The van der Waals surface area contributed by atoms with E-state index in [2.05, 4.69) is 32.2 Å². The van der Waals surface area contributed by atoms with Gasteiger partial charge in [0.25, 0.3) is 0 Å². The van der Waals surface area contributed by atoms with Gasteiger partial charge in [-0.2, -0.15) is 0 Å². The van der Waals surface area contributed by atoms with Gasteiger partial charge in [0.1, 0.15) is 0 Å². The summed E-state index contributed by atoms with van der Waals surface area (Å²) >= 11 is 12.4. The molecule has 1 atom stereocenters. The van der Waals surface area contributed by atoms with Crippen molar-refractivity contribution in [3.8, 4) is 0 Å². The lowest BCUT2D eigenvalue weighted by Crippen LogP contribution is -2.29. The molecule has 0 saturated carbocycles. The lowest BCUT2D eigenvalue weighted by atomic mass is 10.0. The summed E-state index contributed by atoms with van der Waals surface area (Å²) in [5.74, 6) is 0. The van der Waals surface area contributed by atoms with Crippen molar-refractivity contribution in [2.75, 3.05) is 6.54 Å². The Morgan fingerprint density at radius 1 is 1.29 bits per heavy atom. The standard InChI is InChI=1S/C14H19Cl2N/c1-4-17-11(8-10(2)3)9-12-13(15)6-5-7-14(12)16/h5-8,11,17H,4,9H2,1-3H3. The van der Waals surface area contributed by atoms with Crippen LogP contribution in [0.25, 0.3) is 0 Å². The number of hydrogen-bond donors (Lipinski definition) is 1. The molecule has 0 heterocycles. The summed E-state index contributed by atoms with van der Waals surface area (Å²) in [7, 11) is 0. The zero-order valence-corrected chi connectivity index (χ0v) is 12.1. The number of halogens is 2. The highest BCUT2D eigenvalue weighted by atomic mass is 35.5. The Hall–Kier alpha value is -0.500. The quantitative estimate of drug-likeness (QED) is 0.779. The van der Waals surface area contributed by atoms with Gasteiger partial charge < -0.3 is 5.32 Å². The Bertz CT molecular complexity index is 375. The molecule has 0 saturated heterocycles. The predicted octanol–water partition coefficient (Wildman–Crippen LogP) is 4.48. The van der Waals surface area contributed by atoms with Gasteiger partial charge in [0, 0.05) is 16.1 Å². The van der Waals surface area contributed by atoms with Crippen LogP contribution in [0.4, 0.5) is 0 Å². The summed E-state index contributed by atoms with van der Waals surface area (Å²) in [6.07, 6.45) is 3.03. The molecule has 0 aliphatic rings. The molecule has 1 aromatic carbocycles. The first kappa shape index (κ1) is 14.6. The van der Waals surface area contributed by atoms with Crippen LogP contribution >= 0.6 is 23.2 Å². The van der Waals surface area contributed by atoms with E-state index in [0.717, 1.165) is 28.6 Å². The van der Waals surface area contributed by atoms with Crippen molar-refractivity contribution in [3.05, 3.63) is 45.5 Å². The molecular formula is C14H19Cl2N. The molecule has 0 aromatic heterocycles. The van der Waals surface area contributed by atoms with Gasteiger partial charge in [-0.3, -0.25) is 0 Å². The third-order valence-electron chi connectivity index (χ3n) is 2.49. The molecule has 1 aromatic rings. The topological polar surface area (TPSA) is 12.0 Å². The van der Waals surface area contributed by atoms with E-state index in [1.807, 2.05) is 18.2 Å². The van der Waals surface area contributed by atoms with Crippen LogP contribution in [0.1, 0.15) is 26.3 Å². The second-order valence-corrected chi connectivity index (χ2v) is 5.13. The fourth-order valence-electron chi connectivity index (χ4n) is 1.80. The van der Waals surface area contributed by atoms with Crippen molar-refractivity contribution in [2.24, 2.45) is 0 Å². The van der Waals surface area contributed by atoms with Crippen LogP contribution in [-0.4, -0.2) is 12.6 Å². The van der Waals surface area contributed by atoms with Crippen LogP contribution < -0.4 is 5.32 Å². The van der Waals surface area contributed by atoms with Crippen LogP contribution in [0.2, 0.25) is 10.0 Å². The van der Waals surface area contributed by atoms with Crippen molar-refractivity contribution in [1.82, 2.24) is 5.32 Å². The molecule has 1 unspecified atom stereocenters. The average molecular weight is 272 g/mol. The predicted molar refractivity (Wildman–Crippen MR) is 77.1 cm³/mol. The zero-order chi connectivity index (χ0) is 12.8. The van der Waals surface area contributed by atoms with Crippen LogP contribution in [0.5, 0.6) is 0 Å². The van der Waals surface area contributed by atoms with E-state index in [9.17, 15) is 0 Å². The minimum absolute atomic E-state index is 0.280. The maximum Gasteiger partial charge on any atom is 0.0453 e. The Labute approximate surface area is 114 Å². The van der Waals surface area contributed by atoms with Gasteiger partial charge in [-0.15, -0.1) is 0 Å². The van der Waals surface area contributed by atoms with E-state index in [1.54, 1.807) is 0 Å². The molecule has 3 heteroatoms. The number of likely N-dealkylation sites (N-methyl/N-ethyl adjacent to an activating group) is 1. The smallest absolute Gasteiger partial charge is 0.0453 e. The molecule has 17 heavy (non-hydrogen) atoms. The fourth-order valence-corrected chi connectivity index (χ4v) is 2.35. The van der Waals surface area contributed by atoms with Gasteiger partial charge in [0.2, 0.25) is 0 Å². The van der Waals surface area contributed by atoms with Crippen molar-refractivity contribution >= 4 is 23.2 Å². The second kappa shape index (κ2) is 7.05. The van der Waals surface area contributed by atoms with Gasteiger partial charge in [-0.1, -0.05) is 47.8 Å². The normalized spacial score (nSPS) is 12.3. The molecule has 0 fully saturated rings.